The Labute approximate surface area is 267 Å². The molecular weight excluding hydrogens is 618 g/mol. The van der Waals surface area contributed by atoms with Gasteiger partial charge in [-0.3, -0.25) is 0 Å². The first kappa shape index (κ1) is 34.8. The van der Waals surface area contributed by atoms with Gasteiger partial charge in [0.05, 0.1) is 0 Å². The molecule has 0 aliphatic rings. The average Bonchev–Trinajstić information content (AvgIpc) is 3.06. The van der Waals surface area contributed by atoms with E-state index in [0.717, 1.165) is 0 Å². The molecule has 6 heteroatoms. The molecule has 0 fully saturated rings. The molecule has 6 aromatic rings. The molecule has 0 amide bonds. The molecule has 212 valence electrons. The van der Waals surface area contributed by atoms with Crippen LogP contribution in [0.3, 0.4) is 0 Å². The summed E-state index contributed by atoms with van der Waals surface area (Å²) in [5, 5.41) is 8.39. The minimum absolute atomic E-state index is 0. The molecule has 6 rings (SSSR count). The van der Waals surface area contributed by atoms with Gasteiger partial charge >= 0.3 is 16.5 Å². The molecule has 0 aromatic heterocycles. The molecule has 0 aliphatic heterocycles. The number of nitrogens with zero attached hydrogens (tertiary/aromatic N) is 1. The van der Waals surface area contributed by atoms with E-state index >= 15 is 0 Å². The smallest absolute Gasteiger partial charge is 1.00 e. The molecular formula is C36H30ClNNiOP2. The first-order valence-electron chi connectivity index (χ1n) is 13.0. The third-order valence-corrected chi connectivity index (χ3v) is 11.0. The van der Waals surface area contributed by atoms with Crippen molar-refractivity contribution >= 4 is 47.7 Å². The Hall–Kier alpha value is -3.44. The SMILES string of the molecule is [Cl-].[N-]=O.[Ni+2].c1ccc(P(c2ccccc2)c2ccccc2)cc1.c1ccc(P(c2ccccc2)c2ccccc2)cc1. The van der Waals surface area contributed by atoms with Crippen LogP contribution in [-0.4, -0.2) is 0 Å². The summed E-state index contributed by atoms with van der Waals surface area (Å²) in [5.41, 5.74) is 5.75. The van der Waals surface area contributed by atoms with Crippen molar-refractivity contribution in [2.45, 2.75) is 0 Å². The maximum absolute atomic E-state index is 7.25. The van der Waals surface area contributed by atoms with E-state index in [1.54, 1.807) is 0 Å². The summed E-state index contributed by atoms with van der Waals surface area (Å²) in [5.74, 6) is 0. The fourth-order valence-electron chi connectivity index (χ4n) is 4.36. The Kier molecular flexibility index (Phi) is 16.3. The zero-order valence-electron chi connectivity index (χ0n) is 22.8. The number of halogens is 1. The molecule has 6 aromatic carbocycles. The minimum Gasteiger partial charge on any atom is -1.00 e. The fourth-order valence-corrected chi connectivity index (χ4v) is 8.97. The zero-order valence-corrected chi connectivity index (χ0v) is 26.3. The van der Waals surface area contributed by atoms with Crippen LogP contribution in [0.25, 0.3) is 5.59 Å². The Morgan fingerprint density at radius 2 is 0.405 bits per heavy atom. The van der Waals surface area contributed by atoms with E-state index in [2.05, 4.69) is 182 Å². The van der Waals surface area contributed by atoms with Crippen molar-refractivity contribution in [3.05, 3.63) is 192 Å². The van der Waals surface area contributed by atoms with Crippen LogP contribution in [0.5, 0.6) is 0 Å². The average molecular weight is 649 g/mol. The second-order valence-electron chi connectivity index (χ2n) is 8.68. The monoisotopic (exact) mass is 647 g/mol. The van der Waals surface area contributed by atoms with Crippen LogP contribution in [-0.2, 0) is 16.5 Å². The van der Waals surface area contributed by atoms with Gasteiger partial charge < -0.3 is 22.9 Å². The van der Waals surface area contributed by atoms with E-state index < -0.39 is 15.8 Å². The normalized spacial score (nSPS) is 9.67. The van der Waals surface area contributed by atoms with Gasteiger partial charge in [0.25, 0.3) is 0 Å². The molecule has 0 spiro atoms. The number of rotatable bonds is 6. The topological polar surface area (TPSA) is 39.4 Å². The van der Waals surface area contributed by atoms with E-state index in [-0.39, 0.29) is 28.9 Å². The summed E-state index contributed by atoms with van der Waals surface area (Å²) in [4.78, 5) is 7.25. The van der Waals surface area contributed by atoms with Crippen LogP contribution in [0, 0.1) is 4.91 Å². The van der Waals surface area contributed by atoms with E-state index in [9.17, 15) is 0 Å². The first-order valence-corrected chi connectivity index (χ1v) is 15.7. The Morgan fingerprint density at radius 1 is 0.286 bits per heavy atom. The van der Waals surface area contributed by atoms with Gasteiger partial charge in [0.1, 0.15) is 0 Å². The van der Waals surface area contributed by atoms with E-state index in [4.69, 9.17) is 10.5 Å². The maximum atomic E-state index is 7.25. The quantitative estimate of drug-likeness (QED) is 0.197. The Bertz CT molecular complexity index is 1210. The van der Waals surface area contributed by atoms with E-state index in [0.29, 0.717) is 0 Å². The van der Waals surface area contributed by atoms with Crippen LogP contribution >= 0.6 is 15.8 Å². The van der Waals surface area contributed by atoms with Crippen LogP contribution in [0.1, 0.15) is 0 Å². The molecule has 0 bridgehead atoms. The minimum atomic E-state index is -0.446. The van der Waals surface area contributed by atoms with Gasteiger partial charge in [-0.15, -0.1) is 0 Å². The summed E-state index contributed by atoms with van der Waals surface area (Å²) in [6.45, 7) is 0. The van der Waals surface area contributed by atoms with Gasteiger partial charge in [-0.05, 0) is 47.7 Å². The molecule has 42 heavy (non-hydrogen) atoms. The second kappa shape index (κ2) is 19.6. The summed E-state index contributed by atoms with van der Waals surface area (Å²) >= 11 is 0. The number of hydrogen-bond acceptors (Lipinski definition) is 1. The van der Waals surface area contributed by atoms with E-state index in [1.165, 1.54) is 31.8 Å². The zero-order chi connectivity index (χ0) is 27.8. The molecule has 0 radical (unpaired) electrons. The van der Waals surface area contributed by atoms with E-state index in [1.807, 2.05) is 0 Å². The molecule has 0 aliphatic carbocycles. The second-order valence-corrected chi connectivity index (χ2v) is 13.1. The van der Waals surface area contributed by atoms with Crippen molar-refractivity contribution in [2.75, 3.05) is 0 Å². The van der Waals surface area contributed by atoms with Crippen molar-refractivity contribution in [2.24, 2.45) is 0 Å². The van der Waals surface area contributed by atoms with Crippen LogP contribution in [0.2, 0.25) is 0 Å². The molecule has 0 N–H and O–H groups in total. The standard InChI is InChI=1S/2C18H15P.ClH.NO.Ni/c2*1-4-10-16(11-5-1)19(17-12-6-2-7-13-17)18-14-8-3-9-15-18;;1-2;/h2*1-15H;1H;;/q;;;-1;+2/p-1. The van der Waals surface area contributed by atoms with Gasteiger partial charge in [0.2, 0.25) is 0 Å². The molecule has 2 nitrogen and oxygen atoms in total. The maximum Gasteiger partial charge on any atom is 2.00 e. The Morgan fingerprint density at radius 3 is 0.524 bits per heavy atom. The largest absolute Gasteiger partial charge is 2.00 e. The van der Waals surface area contributed by atoms with Gasteiger partial charge in [0, 0.05) is 0 Å². The van der Waals surface area contributed by atoms with Gasteiger partial charge in [0.15, 0.2) is 0 Å². The fraction of sp³-hybridized carbons (Fsp3) is 0. The van der Waals surface area contributed by atoms with Crippen molar-refractivity contribution < 1.29 is 28.9 Å². The molecule has 0 heterocycles. The number of benzene rings is 6. The third kappa shape index (κ3) is 9.84. The van der Waals surface area contributed by atoms with Crippen molar-refractivity contribution in [1.29, 1.82) is 0 Å². The predicted molar refractivity (Wildman–Crippen MR) is 177 cm³/mol. The Balaban J connectivity index is 0.000000265. The van der Waals surface area contributed by atoms with Crippen molar-refractivity contribution in [1.82, 2.24) is 0 Å². The van der Waals surface area contributed by atoms with Crippen LogP contribution in [0.15, 0.2) is 182 Å². The number of nitroso groups, excluding NO2 is 1. The molecule has 0 saturated heterocycles. The summed E-state index contributed by atoms with van der Waals surface area (Å²) < 4.78 is 0. The summed E-state index contributed by atoms with van der Waals surface area (Å²) in [7, 11) is -0.892. The summed E-state index contributed by atoms with van der Waals surface area (Å²) in [6, 6.07) is 64.7. The van der Waals surface area contributed by atoms with Crippen molar-refractivity contribution in [3.8, 4) is 0 Å². The van der Waals surface area contributed by atoms with Gasteiger partial charge in [-0.25, -0.2) is 0 Å². The van der Waals surface area contributed by atoms with Crippen LogP contribution in [0.4, 0.5) is 0 Å². The molecule has 0 atom stereocenters. The molecule has 0 saturated carbocycles. The van der Waals surface area contributed by atoms with Crippen LogP contribution < -0.4 is 44.2 Å². The molecule has 0 unspecified atom stereocenters. The predicted octanol–water partition coefficient (Wildman–Crippen LogP) is 4.21. The van der Waals surface area contributed by atoms with Gasteiger partial charge in [-0.2, -0.15) is 0 Å². The third-order valence-electron chi connectivity index (χ3n) is 6.09. The van der Waals surface area contributed by atoms with Crippen molar-refractivity contribution in [3.63, 3.8) is 0 Å². The number of hydrogen-bond donors (Lipinski definition) is 0. The first-order chi connectivity index (χ1) is 19.9. The van der Waals surface area contributed by atoms with Gasteiger partial charge in [-0.1, -0.05) is 182 Å². The summed E-state index contributed by atoms with van der Waals surface area (Å²) in [6.07, 6.45) is 0.